The number of halogens is 1. The van der Waals surface area contributed by atoms with E-state index in [-0.39, 0.29) is 5.41 Å². The van der Waals surface area contributed by atoms with E-state index in [0.717, 1.165) is 30.5 Å². The van der Waals surface area contributed by atoms with Crippen molar-refractivity contribution in [1.29, 1.82) is 0 Å². The molecule has 18 heavy (non-hydrogen) atoms. The molecule has 0 heterocycles. The zero-order chi connectivity index (χ0) is 13.8. The lowest BCUT2D eigenvalue weighted by molar-refractivity contribution is 0.157. The smallest absolute Gasteiger partial charge is 0.122 e. The summed E-state index contributed by atoms with van der Waals surface area (Å²) in [7, 11) is 0. The third-order valence-electron chi connectivity index (χ3n) is 4.08. The number of rotatable bonds is 6. The highest BCUT2D eigenvalue weighted by atomic mass is 79.9. The first-order valence-corrected chi connectivity index (χ1v) is 7.86. The highest BCUT2D eigenvalue weighted by Crippen LogP contribution is 2.31. The van der Waals surface area contributed by atoms with Crippen LogP contribution in [0, 0.1) is 26.2 Å². The molecule has 102 valence electrons. The fourth-order valence-electron chi connectivity index (χ4n) is 2.06. The molecule has 1 aromatic carbocycles. The van der Waals surface area contributed by atoms with Crippen molar-refractivity contribution in [3.63, 3.8) is 0 Å². The standard InChI is InChI=1S/C16H25BrO/c1-6-16(7-2,10-17)11-18-15-9-12(3)8-13(4)14(15)5/h8-9H,6-7,10-11H2,1-5H3. The van der Waals surface area contributed by atoms with Gasteiger partial charge in [0.15, 0.2) is 0 Å². The van der Waals surface area contributed by atoms with Gasteiger partial charge in [-0.05, 0) is 56.4 Å². The lowest BCUT2D eigenvalue weighted by atomic mass is 9.86. The van der Waals surface area contributed by atoms with Crippen molar-refractivity contribution in [3.05, 3.63) is 28.8 Å². The molecule has 0 bridgehead atoms. The third kappa shape index (κ3) is 3.50. The molecule has 0 aliphatic rings. The summed E-state index contributed by atoms with van der Waals surface area (Å²) in [6, 6.07) is 4.35. The molecule has 1 rings (SSSR count). The van der Waals surface area contributed by atoms with Crippen molar-refractivity contribution in [3.8, 4) is 5.75 Å². The Morgan fingerprint density at radius 3 is 2.22 bits per heavy atom. The van der Waals surface area contributed by atoms with Gasteiger partial charge in [0.25, 0.3) is 0 Å². The molecule has 1 aromatic rings. The van der Waals surface area contributed by atoms with Gasteiger partial charge in [-0.2, -0.15) is 0 Å². The molecular weight excluding hydrogens is 288 g/mol. The van der Waals surface area contributed by atoms with Gasteiger partial charge in [-0.1, -0.05) is 35.8 Å². The number of alkyl halides is 1. The average Bonchev–Trinajstić information content (AvgIpc) is 2.37. The van der Waals surface area contributed by atoms with Crippen molar-refractivity contribution in [2.75, 3.05) is 11.9 Å². The van der Waals surface area contributed by atoms with Gasteiger partial charge in [0.1, 0.15) is 5.75 Å². The highest BCUT2D eigenvalue weighted by molar-refractivity contribution is 9.09. The second kappa shape index (κ2) is 6.60. The summed E-state index contributed by atoms with van der Waals surface area (Å²) in [5.41, 5.74) is 4.09. The quantitative estimate of drug-likeness (QED) is 0.657. The minimum Gasteiger partial charge on any atom is -0.493 e. The summed E-state index contributed by atoms with van der Waals surface area (Å²) in [6.07, 6.45) is 2.27. The Hall–Kier alpha value is -0.500. The summed E-state index contributed by atoms with van der Waals surface area (Å²) in [4.78, 5) is 0. The molecule has 0 amide bonds. The van der Waals surface area contributed by atoms with Crippen molar-refractivity contribution < 1.29 is 4.74 Å². The van der Waals surface area contributed by atoms with E-state index in [1.807, 2.05) is 0 Å². The Labute approximate surface area is 120 Å². The van der Waals surface area contributed by atoms with E-state index in [9.17, 15) is 0 Å². The van der Waals surface area contributed by atoms with Crippen LogP contribution in [0.4, 0.5) is 0 Å². The molecule has 0 aromatic heterocycles. The van der Waals surface area contributed by atoms with Crippen LogP contribution in [0.25, 0.3) is 0 Å². The second-order valence-electron chi connectivity index (χ2n) is 5.33. The summed E-state index contributed by atoms with van der Waals surface area (Å²) >= 11 is 3.63. The van der Waals surface area contributed by atoms with Crippen LogP contribution in [0.1, 0.15) is 43.4 Å². The van der Waals surface area contributed by atoms with Gasteiger partial charge in [-0.25, -0.2) is 0 Å². The molecule has 0 aliphatic carbocycles. The van der Waals surface area contributed by atoms with E-state index < -0.39 is 0 Å². The zero-order valence-electron chi connectivity index (χ0n) is 12.3. The first kappa shape index (κ1) is 15.6. The molecule has 0 saturated heterocycles. The molecule has 0 N–H and O–H groups in total. The number of benzene rings is 1. The maximum Gasteiger partial charge on any atom is 0.122 e. The van der Waals surface area contributed by atoms with E-state index in [2.05, 4.69) is 62.7 Å². The van der Waals surface area contributed by atoms with Gasteiger partial charge in [0, 0.05) is 10.7 Å². The van der Waals surface area contributed by atoms with Crippen LogP contribution in [-0.2, 0) is 0 Å². The molecule has 0 aliphatic heterocycles. The van der Waals surface area contributed by atoms with Gasteiger partial charge >= 0.3 is 0 Å². The number of ether oxygens (including phenoxy) is 1. The monoisotopic (exact) mass is 312 g/mol. The van der Waals surface area contributed by atoms with E-state index in [1.54, 1.807) is 0 Å². The van der Waals surface area contributed by atoms with Gasteiger partial charge in [-0.3, -0.25) is 0 Å². The Morgan fingerprint density at radius 2 is 1.72 bits per heavy atom. The molecule has 2 heteroatoms. The first-order chi connectivity index (χ1) is 8.48. The SMILES string of the molecule is CCC(CC)(CBr)COc1cc(C)cc(C)c1C. The van der Waals surface area contributed by atoms with Crippen LogP contribution in [0.3, 0.4) is 0 Å². The second-order valence-corrected chi connectivity index (χ2v) is 5.90. The lowest BCUT2D eigenvalue weighted by Crippen LogP contribution is -2.29. The molecule has 0 atom stereocenters. The Bertz CT molecular complexity index is 386. The summed E-state index contributed by atoms with van der Waals surface area (Å²) in [6.45, 7) is 11.7. The fourth-order valence-corrected chi connectivity index (χ4v) is 3.02. The van der Waals surface area contributed by atoms with Crippen LogP contribution in [0.5, 0.6) is 5.75 Å². The van der Waals surface area contributed by atoms with Gasteiger partial charge < -0.3 is 4.74 Å². The first-order valence-electron chi connectivity index (χ1n) is 6.74. The van der Waals surface area contributed by atoms with Gasteiger partial charge in [0.2, 0.25) is 0 Å². The fraction of sp³-hybridized carbons (Fsp3) is 0.625. The molecule has 0 saturated carbocycles. The van der Waals surface area contributed by atoms with Crippen LogP contribution in [0.15, 0.2) is 12.1 Å². The van der Waals surface area contributed by atoms with E-state index in [1.165, 1.54) is 16.7 Å². The topological polar surface area (TPSA) is 9.23 Å². The van der Waals surface area contributed by atoms with Crippen LogP contribution in [-0.4, -0.2) is 11.9 Å². The third-order valence-corrected chi connectivity index (χ3v) is 5.27. The Kier molecular flexibility index (Phi) is 5.71. The van der Waals surface area contributed by atoms with Crippen LogP contribution >= 0.6 is 15.9 Å². The predicted molar refractivity (Wildman–Crippen MR) is 83.0 cm³/mol. The van der Waals surface area contributed by atoms with Gasteiger partial charge in [0.05, 0.1) is 6.61 Å². The minimum absolute atomic E-state index is 0.254. The normalized spacial score (nSPS) is 11.7. The average molecular weight is 313 g/mol. The molecule has 0 radical (unpaired) electrons. The number of hydrogen-bond acceptors (Lipinski definition) is 1. The molecule has 0 spiro atoms. The van der Waals surface area contributed by atoms with Crippen molar-refractivity contribution >= 4 is 15.9 Å². The maximum absolute atomic E-state index is 6.11. The number of aryl methyl sites for hydroxylation is 2. The Balaban J connectivity index is 2.86. The van der Waals surface area contributed by atoms with Crippen LogP contribution in [0.2, 0.25) is 0 Å². The van der Waals surface area contributed by atoms with Crippen LogP contribution < -0.4 is 4.74 Å². The summed E-state index contributed by atoms with van der Waals surface area (Å²) in [5, 5.41) is 0.997. The molecule has 0 unspecified atom stereocenters. The van der Waals surface area contributed by atoms with Crippen molar-refractivity contribution in [2.45, 2.75) is 47.5 Å². The molecule has 1 nitrogen and oxygen atoms in total. The summed E-state index contributed by atoms with van der Waals surface area (Å²) < 4.78 is 6.11. The largest absolute Gasteiger partial charge is 0.493 e. The van der Waals surface area contributed by atoms with Crippen molar-refractivity contribution in [2.24, 2.45) is 5.41 Å². The number of hydrogen-bond donors (Lipinski definition) is 0. The zero-order valence-corrected chi connectivity index (χ0v) is 13.9. The van der Waals surface area contributed by atoms with Crippen molar-refractivity contribution in [1.82, 2.24) is 0 Å². The highest BCUT2D eigenvalue weighted by Gasteiger charge is 2.26. The van der Waals surface area contributed by atoms with Gasteiger partial charge in [-0.15, -0.1) is 0 Å². The summed E-state index contributed by atoms with van der Waals surface area (Å²) in [5.74, 6) is 1.04. The van der Waals surface area contributed by atoms with E-state index >= 15 is 0 Å². The molecular formula is C16H25BrO. The molecule has 0 fully saturated rings. The van der Waals surface area contributed by atoms with E-state index in [4.69, 9.17) is 4.74 Å². The van der Waals surface area contributed by atoms with E-state index in [0.29, 0.717) is 0 Å². The predicted octanol–water partition coefficient (Wildman–Crippen LogP) is 5.19. The maximum atomic E-state index is 6.11. The minimum atomic E-state index is 0.254. The lowest BCUT2D eigenvalue weighted by Gasteiger charge is -2.29. The Morgan fingerprint density at radius 1 is 1.11 bits per heavy atom.